The van der Waals surface area contributed by atoms with Crippen LogP contribution in [0.25, 0.3) is 0 Å². The third-order valence-electron chi connectivity index (χ3n) is 2.93. The normalized spacial score (nSPS) is 20.6. The van der Waals surface area contributed by atoms with E-state index in [-0.39, 0.29) is 11.9 Å². The van der Waals surface area contributed by atoms with Crippen molar-refractivity contribution in [3.8, 4) is 0 Å². The zero-order valence-electron chi connectivity index (χ0n) is 9.43. The summed E-state index contributed by atoms with van der Waals surface area (Å²) in [6, 6.07) is 5.83. The van der Waals surface area contributed by atoms with E-state index < -0.39 is 0 Å². The lowest BCUT2D eigenvalue weighted by Gasteiger charge is -2.32. The minimum Gasteiger partial charge on any atom is -0.469 e. The van der Waals surface area contributed by atoms with Crippen molar-refractivity contribution in [2.24, 2.45) is 5.92 Å². The molecule has 0 aromatic carbocycles. The van der Waals surface area contributed by atoms with E-state index >= 15 is 0 Å². The first-order valence-corrected chi connectivity index (χ1v) is 5.55. The van der Waals surface area contributed by atoms with Crippen LogP contribution in [-0.4, -0.2) is 31.2 Å². The maximum atomic E-state index is 11.5. The number of anilines is 1. The van der Waals surface area contributed by atoms with Crippen molar-refractivity contribution in [2.75, 3.05) is 25.1 Å². The van der Waals surface area contributed by atoms with E-state index in [0.717, 1.165) is 25.2 Å². The molecule has 1 unspecified atom stereocenters. The second-order valence-electron chi connectivity index (χ2n) is 4.00. The van der Waals surface area contributed by atoms with Crippen molar-refractivity contribution >= 4 is 11.8 Å². The lowest BCUT2D eigenvalue weighted by molar-refractivity contribution is -0.145. The Balaban J connectivity index is 2.05. The van der Waals surface area contributed by atoms with Crippen LogP contribution >= 0.6 is 0 Å². The van der Waals surface area contributed by atoms with Crippen LogP contribution in [0.3, 0.4) is 0 Å². The van der Waals surface area contributed by atoms with Gasteiger partial charge in [-0.15, -0.1) is 0 Å². The van der Waals surface area contributed by atoms with Gasteiger partial charge in [-0.05, 0) is 25.0 Å². The zero-order chi connectivity index (χ0) is 11.4. The number of carbonyl (C=O) groups excluding carboxylic acids is 1. The molecule has 0 saturated carbocycles. The van der Waals surface area contributed by atoms with Crippen molar-refractivity contribution in [1.82, 2.24) is 4.98 Å². The van der Waals surface area contributed by atoms with Crippen molar-refractivity contribution in [2.45, 2.75) is 12.8 Å². The highest BCUT2D eigenvalue weighted by atomic mass is 16.5. The molecule has 0 bridgehead atoms. The first kappa shape index (κ1) is 10.9. The van der Waals surface area contributed by atoms with Gasteiger partial charge in [-0.1, -0.05) is 6.07 Å². The van der Waals surface area contributed by atoms with Gasteiger partial charge in [-0.2, -0.15) is 0 Å². The number of nitrogens with zero attached hydrogens (tertiary/aromatic N) is 2. The van der Waals surface area contributed by atoms with E-state index in [1.54, 1.807) is 6.20 Å². The van der Waals surface area contributed by atoms with E-state index in [2.05, 4.69) is 9.88 Å². The molecule has 1 aromatic heterocycles. The Hall–Kier alpha value is -1.58. The van der Waals surface area contributed by atoms with E-state index in [1.165, 1.54) is 7.11 Å². The minimum absolute atomic E-state index is 0.0132. The fourth-order valence-electron chi connectivity index (χ4n) is 2.09. The molecule has 4 heteroatoms. The second kappa shape index (κ2) is 4.96. The number of hydrogen-bond donors (Lipinski definition) is 0. The lowest BCUT2D eigenvalue weighted by atomic mass is 9.98. The minimum atomic E-state index is -0.111. The molecule has 2 rings (SSSR count). The molecule has 1 aromatic rings. The average molecular weight is 220 g/mol. The number of rotatable bonds is 2. The summed E-state index contributed by atoms with van der Waals surface area (Å²) in [5.74, 6) is 0.817. The van der Waals surface area contributed by atoms with Gasteiger partial charge in [0.1, 0.15) is 5.82 Å². The molecule has 1 atom stereocenters. The summed E-state index contributed by atoms with van der Waals surface area (Å²) < 4.78 is 4.79. The maximum Gasteiger partial charge on any atom is 0.310 e. The smallest absolute Gasteiger partial charge is 0.310 e. The van der Waals surface area contributed by atoms with E-state index in [9.17, 15) is 4.79 Å². The predicted molar refractivity (Wildman–Crippen MR) is 61.2 cm³/mol. The summed E-state index contributed by atoms with van der Waals surface area (Å²) in [4.78, 5) is 17.9. The molecule has 1 aliphatic heterocycles. The van der Waals surface area contributed by atoms with Gasteiger partial charge in [0.2, 0.25) is 0 Å². The molecule has 1 fully saturated rings. The number of ether oxygens (including phenoxy) is 1. The summed E-state index contributed by atoms with van der Waals surface area (Å²) in [7, 11) is 1.45. The van der Waals surface area contributed by atoms with Crippen molar-refractivity contribution < 1.29 is 9.53 Å². The first-order chi connectivity index (χ1) is 7.81. The van der Waals surface area contributed by atoms with Crippen LogP contribution in [0.1, 0.15) is 12.8 Å². The number of methoxy groups -OCH3 is 1. The summed E-state index contributed by atoms with van der Waals surface area (Å²) in [6.45, 7) is 1.67. The topological polar surface area (TPSA) is 42.4 Å². The fourth-order valence-corrected chi connectivity index (χ4v) is 2.09. The highest BCUT2D eigenvalue weighted by Gasteiger charge is 2.26. The summed E-state index contributed by atoms with van der Waals surface area (Å²) in [6.07, 6.45) is 3.70. The third-order valence-corrected chi connectivity index (χ3v) is 2.93. The Morgan fingerprint density at radius 2 is 2.44 bits per heavy atom. The van der Waals surface area contributed by atoms with Gasteiger partial charge in [0.15, 0.2) is 0 Å². The second-order valence-corrected chi connectivity index (χ2v) is 4.00. The molecule has 0 amide bonds. The van der Waals surface area contributed by atoms with E-state index in [0.29, 0.717) is 6.54 Å². The molecule has 0 spiro atoms. The van der Waals surface area contributed by atoms with Crippen LogP contribution in [0.15, 0.2) is 24.4 Å². The lowest BCUT2D eigenvalue weighted by Crippen LogP contribution is -2.39. The monoisotopic (exact) mass is 220 g/mol. The fraction of sp³-hybridized carbons (Fsp3) is 0.500. The van der Waals surface area contributed by atoms with Crippen LogP contribution < -0.4 is 4.90 Å². The van der Waals surface area contributed by atoms with Gasteiger partial charge >= 0.3 is 5.97 Å². The highest BCUT2D eigenvalue weighted by Crippen LogP contribution is 2.21. The molecule has 0 aliphatic carbocycles. The summed E-state index contributed by atoms with van der Waals surface area (Å²) in [5, 5.41) is 0. The number of carbonyl (C=O) groups is 1. The Kier molecular flexibility index (Phi) is 3.39. The van der Waals surface area contributed by atoms with Gasteiger partial charge in [0, 0.05) is 19.3 Å². The molecule has 16 heavy (non-hydrogen) atoms. The molecule has 0 radical (unpaired) electrons. The predicted octanol–water partition coefficient (Wildman–Crippen LogP) is 1.47. The van der Waals surface area contributed by atoms with Crippen molar-refractivity contribution in [1.29, 1.82) is 0 Å². The van der Waals surface area contributed by atoms with E-state index in [4.69, 9.17) is 4.74 Å². The van der Waals surface area contributed by atoms with Crippen molar-refractivity contribution in [3.05, 3.63) is 24.4 Å². The SMILES string of the molecule is COC(=O)C1CCCN(c2ccccn2)C1. The standard InChI is InChI=1S/C12H16N2O2/c1-16-12(15)10-5-4-8-14(9-10)11-6-2-3-7-13-11/h2-3,6-7,10H,4-5,8-9H2,1H3. The van der Waals surface area contributed by atoms with Crippen LogP contribution in [0.2, 0.25) is 0 Å². The quantitative estimate of drug-likeness (QED) is 0.708. The third kappa shape index (κ3) is 2.32. The largest absolute Gasteiger partial charge is 0.469 e. The van der Waals surface area contributed by atoms with Gasteiger partial charge in [-0.3, -0.25) is 4.79 Å². The zero-order valence-corrected chi connectivity index (χ0v) is 9.43. The van der Waals surface area contributed by atoms with Crippen LogP contribution in [-0.2, 0) is 9.53 Å². The van der Waals surface area contributed by atoms with Crippen LogP contribution in [0.4, 0.5) is 5.82 Å². The molecule has 86 valence electrons. The molecule has 0 N–H and O–H groups in total. The Bertz CT molecular complexity index is 353. The summed E-state index contributed by atoms with van der Waals surface area (Å²) >= 11 is 0. The molecular formula is C12H16N2O2. The number of piperidine rings is 1. The van der Waals surface area contributed by atoms with Crippen molar-refractivity contribution in [3.63, 3.8) is 0 Å². The van der Waals surface area contributed by atoms with Crippen LogP contribution in [0, 0.1) is 5.92 Å². The highest BCUT2D eigenvalue weighted by molar-refractivity contribution is 5.73. The number of pyridine rings is 1. The van der Waals surface area contributed by atoms with Gasteiger partial charge in [0.05, 0.1) is 13.0 Å². The van der Waals surface area contributed by atoms with Gasteiger partial charge in [0.25, 0.3) is 0 Å². The molecular weight excluding hydrogens is 204 g/mol. The molecule has 1 aliphatic rings. The Morgan fingerprint density at radius 1 is 1.56 bits per heavy atom. The van der Waals surface area contributed by atoms with E-state index in [1.807, 2.05) is 18.2 Å². The maximum absolute atomic E-state index is 11.5. The average Bonchev–Trinajstić information content (AvgIpc) is 2.39. The Labute approximate surface area is 95.2 Å². The van der Waals surface area contributed by atoms with Gasteiger partial charge < -0.3 is 9.64 Å². The number of aromatic nitrogens is 1. The molecule has 1 saturated heterocycles. The number of hydrogen-bond acceptors (Lipinski definition) is 4. The van der Waals surface area contributed by atoms with Gasteiger partial charge in [-0.25, -0.2) is 4.98 Å². The van der Waals surface area contributed by atoms with Crippen LogP contribution in [0.5, 0.6) is 0 Å². The Morgan fingerprint density at radius 3 is 3.12 bits per heavy atom. The summed E-state index contributed by atoms with van der Waals surface area (Å²) in [5.41, 5.74) is 0. The molecule has 4 nitrogen and oxygen atoms in total. The first-order valence-electron chi connectivity index (χ1n) is 5.55. The molecule has 2 heterocycles. The number of esters is 1.